The van der Waals surface area contributed by atoms with Gasteiger partial charge in [0.25, 0.3) is 5.56 Å². The minimum absolute atomic E-state index is 0.0826. The molecule has 1 fully saturated rings. The molecule has 4 atom stereocenters. The molecule has 0 aromatic carbocycles. The largest absolute Gasteiger partial charge is 0.390 e. The van der Waals surface area contributed by atoms with Crippen LogP contribution in [0.4, 0.5) is 5.95 Å². The van der Waals surface area contributed by atoms with E-state index in [1.165, 1.54) is 4.57 Å². The van der Waals surface area contributed by atoms with Crippen LogP contribution in [0.25, 0.3) is 10.3 Å². The van der Waals surface area contributed by atoms with Gasteiger partial charge in [-0.3, -0.25) is 19.1 Å². The predicted octanol–water partition coefficient (Wildman–Crippen LogP) is -0.886. The zero-order valence-corrected chi connectivity index (χ0v) is 12.7. The van der Waals surface area contributed by atoms with Crippen LogP contribution in [0.1, 0.15) is 26.0 Å². The highest BCUT2D eigenvalue weighted by molar-refractivity contribution is 7.16. The normalized spacial score (nSPS) is 26.6. The van der Waals surface area contributed by atoms with Gasteiger partial charge in [-0.25, -0.2) is 0 Å². The summed E-state index contributed by atoms with van der Waals surface area (Å²) in [7, 11) is 0. The van der Waals surface area contributed by atoms with Crippen molar-refractivity contribution in [1.29, 1.82) is 0 Å². The Morgan fingerprint density at radius 1 is 1.59 bits per heavy atom. The number of nitrogens with one attached hydrogen (secondary N) is 1. The topological polar surface area (TPSA) is 149 Å². The van der Waals surface area contributed by atoms with Crippen LogP contribution in [0.2, 0.25) is 0 Å². The molecule has 1 aliphatic heterocycles. The molecule has 10 heteroatoms. The Morgan fingerprint density at radius 2 is 2.32 bits per heavy atom. The van der Waals surface area contributed by atoms with Crippen LogP contribution in [-0.4, -0.2) is 37.9 Å². The molecule has 2 aromatic rings. The van der Waals surface area contributed by atoms with E-state index in [9.17, 15) is 14.7 Å². The second-order valence-electron chi connectivity index (χ2n) is 5.28. The highest BCUT2D eigenvalue weighted by Crippen LogP contribution is 2.31. The van der Waals surface area contributed by atoms with Crippen LogP contribution in [0.15, 0.2) is 9.59 Å². The number of aromatic nitrogens is 3. The summed E-state index contributed by atoms with van der Waals surface area (Å²) in [5.41, 5.74) is 11.3. The van der Waals surface area contributed by atoms with E-state index in [0.717, 1.165) is 11.3 Å². The maximum Gasteiger partial charge on any atom is 0.311 e. The van der Waals surface area contributed by atoms with Gasteiger partial charge < -0.3 is 21.3 Å². The number of hydrogen-bond donors (Lipinski definition) is 4. The molecule has 0 spiro atoms. The van der Waals surface area contributed by atoms with E-state index < -0.39 is 34.9 Å². The Bertz CT molecular complexity index is 812. The lowest BCUT2D eigenvalue weighted by Gasteiger charge is -2.18. The number of rotatable bonds is 3. The van der Waals surface area contributed by atoms with E-state index in [2.05, 4.69) is 9.97 Å². The second-order valence-corrected chi connectivity index (χ2v) is 6.24. The number of anilines is 1. The molecule has 6 N–H and O–H groups in total. The fourth-order valence-electron chi connectivity index (χ4n) is 2.65. The summed E-state index contributed by atoms with van der Waals surface area (Å²) in [6.45, 7) is 1.83. The van der Waals surface area contributed by atoms with Crippen LogP contribution in [-0.2, 0) is 4.74 Å². The first-order chi connectivity index (χ1) is 10.4. The maximum atomic E-state index is 12.2. The molecule has 2 aromatic heterocycles. The van der Waals surface area contributed by atoms with Gasteiger partial charge in [0.15, 0.2) is 11.9 Å². The molecule has 0 saturated carbocycles. The number of hydrogen-bond acceptors (Lipinski definition) is 8. The zero-order chi connectivity index (χ0) is 16.0. The quantitative estimate of drug-likeness (QED) is 0.571. The van der Waals surface area contributed by atoms with Gasteiger partial charge in [0.1, 0.15) is 4.70 Å². The van der Waals surface area contributed by atoms with Gasteiger partial charge in [-0.1, -0.05) is 18.3 Å². The van der Waals surface area contributed by atoms with Crippen molar-refractivity contribution in [3.63, 3.8) is 0 Å². The number of aliphatic hydroxyl groups excluding tert-OH is 1. The molecule has 1 saturated heterocycles. The van der Waals surface area contributed by atoms with E-state index in [1.54, 1.807) is 0 Å². The van der Waals surface area contributed by atoms with Gasteiger partial charge in [0.2, 0.25) is 5.95 Å². The van der Waals surface area contributed by atoms with Crippen molar-refractivity contribution in [2.75, 3.05) is 5.73 Å². The van der Waals surface area contributed by atoms with Crippen molar-refractivity contribution in [3.05, 3.63) is 20.0 Å². The lowest BCUT2D eigenvalue weighted by atomic mass is 10.1. The Hall–Kier alpha value is -1.75. The van der Waals surface area contributed by atoms with Crippen LogP contribution in [0, 0.1) is 0 Å². The van der Waals surface area contributed by atoms with Gasteiger partial charge in [-0.15, -0.1) is 0 Å². The van der Waals surface area contributed by atoms with Gasteiger partial charge in [0, 0.05) is 0 Å². The van der Waals surface area contributed by atoms with Crippen molar-refractivity contribution in [2.24, 2.45) is 5.73 Å². The number of nitrogens with zero attached hydrogens (tertiary/aromatic N) is 2. The number of thiazole rings is 1. The molecule has 1 aliphatic rings. The smallest absolute Gasteiger partial charge is 0.311 e. The van der Waals surface area contributed by atoms with Crippen molar-refractivity contribution in [2.45, 2.75) is 44.2 Å². The fourth-order valence-corrected chi connectivity index (χ4v) is 3.50. The van der Waals surface area contributed by atoms with Crippen molar-refractivity contribution < 1.29 is 9.84 Å². The zero-order valence-electron chi connectivity index (χ0n) is 11.9. The fraction of sp³-hybridized carbons (Fsp3) is 0.583. The van der Waals surface area contributed by atoms with E-state index in [4.69, 9.17) is 16.2 Å². The monoisotopic (exact) mass is 327 g/mol. The first-order valence-corrected chi connectivity index (χ1v) is 7.74. The summed E-state index contributed by atoms with van der Waals surface area (Å²) in [6.07, 6.45) is -0.943. The van der Waals surface area contributed by atoms with Crippen LogP contribution in [0.3, 0.4) is 0 Å². The van der Waals surface area contributed by atoms with Gasteiger partial charge in [-0.05, 0) is 12.8 Å². The van der Waals surface area contributed by atoms with Crippen LogP contribution in [0.5, 0.6) is 0 Å². The Kier molecular flexibility index (Phi) is 3.77. The Labute approximate surface area is 128 Å². The highest BCUT2D eigenvalue weighted by atomic mass is 32.1. The average molecular weight is 327 g/mol. The van der Waals surface area contributed by atoms with Gasteiger partial charge >= 0.3 is 4.87 Å². The number of aromatic amines is 1. The number of nitrogens with two attached hydrogens (primary N) is 2. The lowest BCUT2D eigenvalue weighted by molar-refractivity contribution is -0.0609. The number of aliphatic hydroxyl groups is 1. The Morgan fingerprint density at radius 3 is 3.00 bits per heavy atom. The molecule has 1 unspecified atom stereocenters. The van der Waals surface area contributed by atoms with Crippen LogP contribution >= 0.6 is 11.3 Å². The molecule has 9 nitrogen and oxygen atoms in total. The van der Waals surface area contributed by atoms with Crippen LogP contribution < -0.4 is 21.9 Å². The predicted molar refractivity (Wildman–Crippen MR) is 81.7 cm³/mol. The summed E-state index contributed by atoms with van der Waals surface area (Å²) < 4.78 is 7.17. The van der Waals surface area contributed by atoms with Gasteiger partial charge in [-0.2, -0.15) is 4.98 Å². The highest BCUT2D eigenvalue weighted by Gasteiger charge is 2.39. The molecule has 0 radical (unpaired) electrons. The van der Waals surface area contributed by atoms with E-state index in [-0.39, 0.29) is 16.3 Å². The number of ether oxygens (including phenoxy) is 1. The summed E-state index contributed by atoms with van der Waals surface area (Å²) >= 11 is 0.766. The summed E-state index contributed by atoms with van der Waals surface area (Å²) in [6, 6.07) is -0.482. The third kappa shape index (κ3) is 2.33. The Balaban J connectivity index is 2.09. The van der Waals surface area contributed by atoms with Gasteiger partial charge in [0.05, 0.1) is 18.2 Å². The third-order valence-corrected chi connectivity index (χ3v) is 4.72. The molecule has 0 aliphatic carbocycles. The summed E-state index contributed by atoms with van der Waals surface area (Å²) in [5, 5.41) is 9.91. The molecule has 0 bridgehead atoms. The average Bonchev–Trinajstić information content (AvgIpc) is 2.98. The van der Waals surface area contributed by atoms with E-state index in [0.29, 0.717) is 12.8 Å². The molecule has 3 rings (SSSR count). The molecule has 22 heavy (non-hydrogen) atoms. The van der Waals surface area contributed by atoms with Crippen molar-refractivity contribution in [1.82, 2.24) is 14.5 Å². The summed E-state index contributed by atoms with van der Waals surface area (Å²) in [5.74, 6) is -0.0826. The minimum Gasteiger partial charge on any atom is -0.390 e. The molecular weight excluding hydrogens is 310 g/mol. The number of nitrogen functional groups attached to an aromatic ring is 1. The molecule has 0 amide bonds. The van der Waals surface area contributed by atoms with E-state index in [1.807, 2.05) is 6.92 Å². The number of fused-ring (bicyclic) bond motifs is 1. The van der Waals surface area contributed by atoms with Crippen molar-refractivity contribution in [3.8, 4) is 0 Å². The molecular formula is C12H17N5O4S. The molecule has 120 valence electrons. The third-order valence-electron chi connectivity index (χ3n) is 3.78. The number of H-pyrrole nitrogens is 1. The minimum atomic E-state index is -0.777. The standard InChI is InChI=1S/C12H17N5O4S/c1-2-5(18)6-3-4(13)10(21-6)17-8-7(22-12(17)20)9(19)16-11(14)15-8/h4-6,10,18H,2-3,13H2,1H3,(H3,14,15,16,19)/t4-,5?,6+,10-/m1/s1. The first-order valence-electron chi connectivity index (χ1n) is 6.92. The lowest BCUT2D eigenvalue weighted by Crippen LogP contribution is -2.32. The van der Waals surface area contributed by atoms with E-state index >= 15 is 0 Å². The second kappa shape index (κ2) is 5.47. The first kappa shape index (κ1) is 15.2. The SMILES string of the molecule is CCC(O)[C@@H]1C[C@@H](N)[C@H](n2c(=O)sc3c(=O)[nH]c(N)nc32)O1. The summed E-state index contributed by atoms with van der Waals surface area (Å²) in [4.78, 5) is 30.1. The maximum absolute atomic E-state index is 12.2. The van der Waals surface area contributed by atoms with Crippen molar-refractivity contribution >= 4 is 27.6 Å². The molecule has 3 heterocycles.